The quantitative estimate of drug-likeness (QED) is 0.136. The topological polar surface area (TPSA) is 149 Å². The zero-order valence-electron chi connectivity index (χ0n) is 27.3. The Morgan fingerprint density at radius 3 is 2.25 bits per heavy atom. The SMILES string of the molecule is CC1CCCC(N(CC(=O)O)C(=O)OCCN(Cc2ccc(O)cc2)C(=O)OCCNCc2ccccc2Sc2ccccc2CO)C1. The molecule has 1 aliphatic carbocycles. The summed E-state index contributed by atoms with van der Waals surface area (Å²) in [4.78, 5) is 42.4. The number of aromatic hydroxyl groups is 1. The van der Waals surface area contributed by atoms with Crippen molar-refractivity contribution >= 4 is 29.9 Å². The summed E-state index contributed by atoms with van der Waals surface area (Å²) in [5.41, 5.74) is 2.67. The van der Waals surface area contributed by atoms with Crippen molar-refractivity contribution in [2.45, 2.75) is 68.1 Å². The van der Waals surface area contributed by atoms with E-state index in [1.54, 1.807) is 23.9 Å². The van der Waals surface area contributed by atoms with Gasteiger partial charge in [0.25, 0.3) is 0 Å². The molecule has 0 spiro atoms. The van der Waals surface area contributed by atoms with Gasteiger partial charge in [0.1, 0.15) is 25.5 Å². The monoisotopic (exact) mass is 679 g/mol. The van der Waals surface area contributed by atoms with Crippen LogP contribution in [-0.4, -0.2) is 82.2 Å². The van der Waals surface area contributed by atoms with Crippen LogP contribution in [-0.2, 0) is 34.0 Å². The first kappa shape index (κ1) is 36.6. The number of rotatable bonds is 16. The minimum atomic E-state index is -1.11. The maximum Gasteiger partial charge on any atom is 0.410 e. The Morgan fingerprint density at radius 1 is 0.896 bits per heavy atom. The Labute approximate surface area is 285 Å². The Hall–Kier alpha value is -4.26. The largest absolute Gasteiger partial charge is 0.508 e. The molecule has 2 amide bonds. The van der Waals surface area contributed by atoms with Gasteiger partial charge in [-0.25, -0.2) is 9.59 Å². The number of benzene rings is 3. The molecule has 3 aromatic carbocycles. The van der Waals surface area contributed by atoms with Crippen molar-refractivity contribution in [3.8, 4) is 5.75 Å². The lowest BCUT2D eigenvalue weighted by Gasteiger charge is -2.35. The molecule has 4 rings (SSSR count). The second kappa shape index (κ2) is 18.9. The van der Waals surface area contributed by atoms with E-state index < -0.39 is 24.7 Å². The van der Waals surface area contributed by atoms with Crippen molar-refractivity contribution in [3.63, 3.8) is 0 Å². The molecule has 1 aliphatic rings. The van der Waals surface area contributed by atoms with Crippen molar-refractivity contribution in [2.75, 3.05) is 32.8 Å². The molecule has 1 saturated carbocycles. The number of carbonyl (C=O) groups excluding carboxylic acids is 2. The summed E-state index contributed by atoms with van der Waals surface area (Å²) in [7, 11) is 0. The number of nitrogens with zero attached hydrogens (tertiary/aromatic N) is 2. The lowest BCUT2D eigenvalue weighted by Crippen LogP contribution is -2.46. The van der Waals surface area contributed by atoms with Gasteiger partial charge < -0.3 is 35.0 Å². The molecule has 11 nitrogen and oxygen atoms in total. The van der Waals surface area contributed by atoms with E-state index >= 15 is 0 Å². The summed E-state index contributed by atoms with van der Waals surface area (Å²) in [6, 6.07) is 21.9. The number of carbonyl (C=O) groups is 3. The van der Waals surface area contributed by atoms with Gasteiger partial charge in [0.2, 0.25) is 0 Å². The molecule has 0 bridgehead atoms. The van der Waals surface area contributed by atoms with Crippen molar-refractivity contribution in [2.24, 2.45) is 5.92 Å². The van der Waals surface area contributed by atoms with Crippen LogP contribution in [0, 0.1) is 5.92 Å². The number of phenolic OH excluding ortho intramolecular Hbond substituents is 1. The normalized spacial score (nSPS) is 15.8. The summed E-state index contributed by atoms with van der Waals surface area (Å²) in [5.74, 6) is -0.618. The Bertz CT molecular complexity index is 1490. The van der Waals surface area contributed by atoms with Crippen molar-refractivity contribution in [1.29, 1.82) is 0 Å². The molecular weight excluding hydrogens is 634 g/mol. The van der Waals surface area contributed by atoms with E-state index in [4.69, 9.17) is 9.47 Å². The number of aliphatic hydroxyl groups is 1. The van der Waals surface area contributed by atoms with Gasteiger partial charge in [-0.2, -0.15) is 0 Å². The third-order valence-corrected chi connectivity index (χ3v) is 9.44. The second-order valence-corrected chi connectivity index (χ2v) is 13.0. The first-order valence-electron chi connectivity index (χ1n) is 16.2. The second-order valence-electron chi connectivity index (χ2n) is 11.9. The summed E-state index contributed by atoms with van der Waals surface area (Å²) in [5, 5.41) is 32.1. The summed E-state index contributed by atoms with van der Waals surface area (Å²) in [6.45, 7) is 2.69. The predicted molar refractivity (Wildman–Crippen MR) is 182 cm³/mol. The molecule has 3 aromatic rings. The number of carboxylic acids is 1. The van der Waals surface area contributed by atoms with Crippen LogP contribution in [0.4, 0.5) is 9.59 Å². The first-order chi connectivity index (χ1) is 23.2. The highest BCUT2D eigenvalue weighted by Crippen LogP contribution is 2.33. The smallest absolute Gasteiger partial charge is 0.410 e. The highest BCUT2D eigenvalue weighted by atomic mass is 32.2. The van der Waals surface area contributed by atoms with E-state index in [-0.39, 0.29) is 44.7 Å². The standard InChI is InChI=1S/C36H45N3O8S/c1-26-7-6-10-30(21-26)39(24-34(42)43)36(45)47-20-18-38(23-27-13-15-31(41)16-14-27)35(44)46-19-17-37-22-28-8-2-4-11-32(28)48-33-12-5-3-9-29(33)25-40/h2-5,8-9,11-16,26,30,37,40-41H,6-7,10,17-25H2,1H3,(H,42,43). The summed E-state index contributed by atoms with van der Waals surface area (Å²) < 4.78 is 11.1. The maximum atomic E-state index is 13.2. The molecule has 48 heavy (non-hydrogen) atoms. The molecule has 2 unspecified atom stereocenters. The van der Waals surface area contributed by atoms with E-state index in [0.717, 1.165) is 52.2 Å². The van der Waals surface area contributed by atoms with Crippen molar-refractivity contribution in [3.05, 3.63) is 89.5 Å². The molecule has 4 N–H and O–H groups in total. The summed E-state index contributed by atoms with van der Waals surface area (Å²) in [6.07, 6.45) is 2.10. The van der Waals surface area contributed by atoms with Gasteiger partial charge in [-0.15, -0.1) is 0 Å². The molecule has 0 radical (unpaired) electrons. The van der Waals surface area contributed by atoms with E-state index in [0.29, 0.717) is 19.0 Å². The number of carboxylic acid groups (broad SMARTS) is 1. The molecular formula is C36H45N3O8S. The Morgan fingerprint density at radius 2 is 1.56 bits per heavy atom. The molecule has 12 heteroatoms. The predicted octanol–water partition coefficient (Wildman–Crippen LogP) is 5.87. The lowest BCUT2D eigenvalue weighted by atomic mass is 9.86. The third kappa shape index (κ3) is 11.5. The zero-order valence-corrected chi connectivity index (χ0v) is 28.1. The van der Waals surface area contributed by atoms with E-state index in [1.165, 1.54) is 21.9 Å². The van der Waals surface area contributed by atoms with Crippen molar-refractivity contribution < 1.29 is 39.2 Å². The highest BCUT2D eigenvalue weighted by Gasteiger charge is 2.31. The summed E-state index contributed by atoms with van der Waals surface area (Å²) >= 11 is 1.59. The van der Waals surface area contributed by atoms with Crippen LogP contribution in [0.2, 0.25) is 0 Å². The van der Waals surface area contributed by atoms with Crippen LogP contribution in [0.3, 0.4) is 0 Å². The Kier molecular flexibility index (Phi) is 14.4. The molecule has 258 valence electrons. The van der Waals surface area contributed by atoms with Crippen molar-refractivity contribution in [1.82, 2.24) is 15.1 Å². The van der Waals surface area contributed by atoms with Gasteiger partial charge >= 0.3 is 18.2 Å². The number of ether oxygens (including phenoxy) is 2. The number of aliphatic carboxylic acids is 1. The van der Waals surface area contributed by atoms with Gasteiger partial charge in [-0.1, -0.05) is 80.1 Å². The number of aliphatic hydroxyl groups excluding tert-OH is 1. The molecule has 0 aromatic heterocycles. The Balaban J connectivity index is 1.30. The molecule has 0 heterocycles. The number of amides is 2. The lowest BCUT2D eigenvalue weighted by molar-refractivity contribution is -0.138. The molecule has 0 saturated heterocycles. The highest BCUT2D eigenvalue weighted by molar-refractivity contribution is 7.99. The average Bonchev–Trinajstić information content (AvgIpc) is 3.08. The molecule has 0 aliphatic heterocycles. The van der Waals surface area contributed by atoms with Gasteiger partial charge in [0.15, 0.2) is 0 Å². The van der Waals surface area contributed by atoms with Gasteiger partial charge in [-0.05, 0) is 59.7 Å². The fraction of sp³-hybridized carbons (Fsp3) is 0.417. The number of hydrogen-bond acceptors (Lipinski definition) is 9. The van der Waals surface area contributed by atoms with Crippen LogP contribution in [0.25, 0.3) is 0 Å². The number of phenols is 1. The van der Waals surface area contributed by atoms with E-state index in [2.05, 4.69) is 12.2 Å². The third-order valence-electron chi connectivity index (χ3n) is 8.20. The number of hydrogen-bond donors (Lipinski definition) is 4. The minimum Gasteiger partial charge on any atom is -0.508 e. The molecule has 1 fully saturated rings. The van der Waals surface area contributed by atoms with Crippen LogP contribution < -0.4 is 5.32 Å². The van der Waals surface area contributed by atoms with Crippen LogP contribution in [0.15, 0.2) is 82.6 Å². The van der Waals surface area contributed by atoms with Crippen LogP contribution in [0.5, 0.6) is 5.75 Å². The maximum absolute atomic E-state index is 13.2. The fourth-order valence-electron chi connectivity index (χ4n) is 5.68. The van der Waals surface area contributed by atoms with E-state index in [1.807, 2.05) is 48.5 Å². The van der Waals surface area contributed by atoms with Crippen LogP contribution >= 0.6 is 11.8 Å². The van der Waals surface area contributed by atoms with E-state index in [9.17, 15) is 29.7 Å². The van der Waals surface area contributed by atoms with Gasteiger partial charge in [0, 0.05) is 35.5 Å². The molecule has 2 atom stereocenters. The van der Waals surface area contributed by atoms with Gasteiger partial charge in [0.05, 0.1) is 13.2 Å². The first-order valence-corrected chi connectivity index (χ1v) is 17.0. The van der Waals surface area contributed by atoms with Gasteiger partial charge in [-0.3, -0.25) is 9.69 Å². The fourth-order valence-corrected chi connectivity index (χ4v) is 6.75. The average molecular weight is 680 g/mol. The minimum absolute atomic E-state index is 0.0285. The zero-order chi connectivity index (χ0) is 34.3. The van der Waals surface area contributed by atoms with Crippen LogP contribution in [0.1, 0.15) is 49.3 Å². The number of nitrogens with one attached hydrogen (secondary N) is 1.